The average Bonchev–Trinajstić information content (AvgIpc) is 3.31. The molecule has 3 heteroatoms. The van der Waals surface area contributed by atoms with Crippen LogP contribution in [0.4, 0.5) is 0 Å². The molecule has 0 bridgehead atoms. The van der Waals surface area contributed by atoms with Crippen LogP contribution >= 0.6 is 0 Å². The zero-order valence-electron chi connectivity index (χ0n) is 12.2. The van der Waals surface area contributed by atoms with Crippen molar-refractivity contribution in [1.82, 2.24) is 0 Å². The lowest BCUT2D eigenvalue weighted by molar-refractivity contribution is 0.177. The molecule has 3 nitrogen and oxygen atoms in total. The molecule has 0 heterocycles. The van der Waals surface area contributed by atoms with Crippen molar-refractivity contribution in [3.63, 3.8) is 0 Å². The minimum absolute atomic E-state index is 0.371. The van der Waals surface area contributed by atoms with Gasteiger partial charge in [0.2, 0.25) is 0 Å². The molecular weight excluding hydrogens is 264 g/mol. The first-order valence-corrected chi connectivity index (χ1v) is 7.32. The number of ether oxygens (including phenoxy) is 2. The monoisotopic (exact) mass is 284 g/mol. The van der Waals surface area contributed by atoms with Crippen LogP contribution in [0.1, 0.15) is 30.1 Å². The molecular formula is C18H20O3. The van der Waals surface area contributed by atoms with Gasteiger partial charge in [0.15, 0.2) is 0 Å². The number of hydrogen-bond acceptors (Lipinski definition) is 3. The molecule has 0 saturated heterocycles. The summed E-state index contributed by atoms with van der Waals surface area (Å²) in [7, 11) is 1.65. The van der Waals surface area contributed by atoms with Crippen LogP contribution in [-0.2, 0) is 6.42 Å². The molecule has 1 unspecified atom stereocenters. The highest BCUT2D eigenvalue weighted by Gasteiger charge is 2.23. The highest BCUT2D eigenvalue weighted by Crippen LogP contribution is 2.29. The van der Waals surface area contributed by atoms with Gasteiger partial charge < -0.3 is 14.6 Å². The molecule has 1 N–H and O–H groups in total. The Morgan fingerprint density at radius 1 is 1.10 bits per heavy atom. The van der Waals surface area contributed by atoms with E-state index in [1.54, 1.807) is 7.11 Å². The minimum Gasteiger partial charge on any atom is -0.497 e. The Morgan fingerprint density at radius 2 is 1.86 bits per heavy atom. The quantitative estimate of drug-likeness (QED) is 0.882. The van der Waals surface area contributed by atoms with E-state index in [4.69, 9.17) is 9.47 Å². The van der Waals surface area contributed by atoms with E-state index < -0.39 is 6.10 Å². The second-order valence-electron chi connectivity index (χ2n) is 5.46. The van der Waals surface area contributed by atoms with E-state index >= 15 is 0 Å². The molecule has 0 amide bonds. The fourth-order valence-electron chi connectivity index (χ4n) is 2.31. The Balaban J connectivity index is 1.70. The molecule has 21 heavy (non-hydrogen) atoms. The Hall–Kier alpha value is -2.00. The summed E-state index contributed by atoms with van der Waals surface area (Å²) in [5.74, 6) is 1.66. The molecule has 0 radical (unpaired) electrons. The van der Waals surface area contributed by atoms with Crippen LogP contribution in [0.15, 0.2) is 48.5 Å². The summed E-state index contributed by atoms with van der Waals surface area (Å²) >= 11 is 0. The van der Waals surface area contributed by atoms with Crippen molar-refractivity contribution in [2.45, 2.75) is 31.5 Å². The minimum atomic E-state index is -0.542. The van der Waals surface area contributed by atoms with Gasteiger partial charge in [0, 0.05) is 6.42 Å². The van der Waals surface area contributed by atoms with E-state index in [-0.39, 0.29) is 0 Å². The molecule has 1 fully saturated rings. The van der Waals surface area contributed by atoms with Gasteiger partial charge in [-0.1, -0.05) is 24.3 Å². The predicted molar refractivity (Wildman–Crippen MR) is 81.7 cm³/mol. The van der Waals surface area contributed by atoms with Gasteiger partial charge >= 0.3 is 0 Å². The Kier molecular flexibility index (Phi) is 4.11. The van der Waals surface area contributed by atoms with Crippen molar-refractivity contribution in [3.05, 3.63) is 59.7 Å². The zero-order chi connectivity index (χ0) is 14.7. The standard InChI is InChI=1S/C18H20O3/c1-20-16-6-2-4-13(10-16)11-18(19)14-5-3-7-17(12-14)21-15-8-9-15/h2-7,10,12,15,18-19H,8-9,11H2,1H3. The van der Waals surface area contributed by atoms with Crippen molar-refractivity contribution in [2.75, 3.05) is 7.11 Å². The molecule has 1 atom stereocenters. The van der Waals surface area contributed by atoms with Crippen LogP contribution in [0.25, 0.3) is 0 Å². The fourth-order valence-corrected chi connectivity index (χ4v) is 2.31. The third-order valence-corrected chi connectivity index (χ3v) is 3.63. The summed E-state index contributed by atoms with van der Waals surface area (Å²) in [4.78, 5) is 0. The van der Waals surface area contributed by atoms with Gasteiger partial charge in [0.25, 0.3) is 0 Å². The lowest BCUT2D eigenvalue weighted by atomic mass is 10.0. The highest BCUT2D eigenvalue weighted by atomic mass is 16.5. The summed E-state index contributed by atoms with van der Waals surface area (Å²) in [6, 6.07) is 15.5. The van der Waals surface area contributed by atoms with Gasteiger partial charge in [-0.3, -0.25) is 0 Å². The summed E-state index contributed by atoms with van der Waals surface area (Å²) in [5, 5.41) is 10.4. The molecule has 3 rings (SSSR count). The summed E-state index contributed by atoms with van der Waals surface area (Å²) in [5.41, 5.74) is 1.94. The summed E-state index contributed by atoms with van der Waals surface area (Å²) in [6.45, 7) is 0. The predicted octanol–water partition coefficient (Wildman–Crippen LogP) is 3.51. The SMILES string of the molecule is COc1cccc(CC(O)c2cccc(OC3CC3)c2)c1. The van der Waals surface area contributed by atoms with Gasteiger partial charge in [-0.25, -0.2) is 0 Å². The Labute approximate surface area is 125 Å². The van der Waals surface area contributed by atoms with Crippen LogP contribution in [-0.4, -0.2) is 18.3 Å². The van der Waals surface area contributed by atoms with Crippen LogP contribution in [0.3, 0.4) is 0 Å². The highest BCUT2D eigenvalue weighted by molar-refractivity contribution is 5.33. The van der Waals surface area contributed by atoms with Crippen molar-refractivity contribution in [1.29, 1.82) is 0 Å². The fraction of sp³-hybridized carbons (Fsp3) is 0.333. The van der Waals surface area contributed by atoms with Crippen molar-refractivity contribution >= 4 is 0 Å². The van der Waals surface area contributed by atoms with E-state index in [1.807, 2.05) is 48.5 Å². The summed E-state index contributed by atoms with van der Waals surface area (Å²) in [6.07, 6.45) is 2.66. The van der Waals surface area contributed by atoms with Crippen molar-refractivity contribution < 1.29 is 14.6 Å². The van der Waals surface area contributed by atoms with Gasteiger partial charge in [0.05, 0.1) is 19.3 Å². The van der Waals surface area contributed by atoms with Crippen LogP contribution in [0, 0.1) is 0 Å². The first kappa shape index (κ1) is 14.0. The topological polar surface area (TPSA) is 38.7 Å². The van der Waals surface area contributed by atoms with Crippen molar-refractivity contribution in [2.24, 2.45) is 0 Å². The van der Waals surface area contributed by atoms with Gasteiger partial charge in [0.1, 0.15) is 11.5 Å². The third-order valence-electron chi connectivity index (χ3n) is 3.63. The normalized spacial score (nSPS) is 15.5. The smallest absolute Gasteiger partial charge is 0.120 e. The van der Waals surface area contributed by atoms with E-state index in [0.717, 1.165) is 35.5 Å². The van der Waals surface area contributed by atoms with Gasteiger partial charge in [-0.2, -0.15) is 0 Å². The van der Waals surface area contributed by atoms with Crippen molar-refractivity contribution in [3.8, 4) is 11.5 Å². The maximum absolute atomic E-state index is 10.4. The molecule has 0 spiro atoms. The van der Waals surface area contributed by atoms with Crippen LogP contribution < -0.4 is 9.47 Å². The molecule has 2 aromatic carbocycles. The lowest BCUT2D eigenvalue weighted by Gasteiger charge is -2.13. The molecule has 110 valence electrons. The molecule has 2 aromatic rings. The van der Waals surface area contributed by atoms with E-state index in [0.29, 0.717) is 12.5 Å². The first-order valence-electron chi connectivity index (χ1n) is 7.32. The molecule has 0 aromatic heterocycles. The maximum atomic E-state index is 10.4. The Morgan fingerprint density at radius 3 is 2.62 bits per heavy atom. The second kappa shape index (κ2) is 6.19. The zero-order valence-corrected chi connectivity index (χ0v) is 12.2. The number of methoxy groups -OCH3 is 1. The molecule has 1 aliphatic rings. The molecule has 1 aliphatic carbocycles. The number of aliphatic hydroxyl groups excluding tert-OH is 1. The number of rotatable bonds is 6. The second-order valence-corrected chi connectivity index (χ2v) is 5.46. The maximum Gasteiger partial charge on any atom is 0.120 e. The number of aliphatic hydroxyl groups is 1. The first-order chi connectivity index (χ1) is 10.2. The lowest BCUT2D eigenvalue weighted by Crippen LogP contribution is -2.03. The van der Waals surface area contributed by atoms with Gasteiger partial charge in [-0.15, -0.1) is 0 Å². The Bertz CT molecular complexity index is 605. The van der Waals surface area contributed by atoms with E-state index in [2.05, 4.69) is 0 Å². The van der Waals surface area contributed by atoms with E-state index in [1.165, 1.54) is 0 Å². The molecule has 0 aliphatic heterocycles. The van der Waals surface area contributed by atoms with Crippen LogP contribution in [0.2, 0.25) is 0 Å². The molecule has 1 saturated carbocycles. The van der Waals surface area contributed by atoms with Crippen LogP contribution in [0.5, 0.6) is 11.5 Å². The number of hydrogen-bond donors (Lipinski definition) is 1. The third kappa shape index (κ3) is 3.76. The summed E-state index contributed by atoms with van der Waals surface area (Å²) < 4.78 is 11.0. The number of benzene rings is 2. The van der Waals surface area contributed by atoms with Gasteiger partial charge in [-0.05, 0) is 48.2 Å². The average molecular weight is 284 g/mol. The van der Waals surface area contributed by atoms with E-state index in [9.17, 15) is 5.11 Å². The largest absolute Gasteiger partial charge is 0.497 e.